The molecule has 0 saturated carbocycles. The summed E-state index contributed by atoms with van der Waals surface area (Å²) in [5.41, 5.74) is 0.846. The zero-order valence-electron chi connectivity index (χ0n) is 12.5. The van der Waals surface area contributed by atoms with Gasteiger partial charge in [0, 0.05) is 10.6 Å². The predicted molar refractivity (Wildman–Crippen MR) is 94.3 cm³/mol. The Morgan fingerprint density at radius 2 is 1.91 bits per heavy atom. The fraction of sp³-hybridized carbons (Fsp3) is 0.250. The van der Waals surface area contributed by atoms with Crippen LogP contribution in [0.4, 0.5) is 0 Å². The lowest BCUT2D eigenvalue weighted by molar-refractivity contribution is 0.463. The van der Waals surface area contributed by atoms with E-state index >= 15 is 0 Å². The van der Waals surface area contributed by atoms with Gasteiger partial charge in [0.05, 0.1) is 16.8 Å². The Hall–Kier alpha value is -1.37. The van der Waals surface area contributed by atoms with Crippen molar-refractivity contribution in [2.75, 3.05) is 11.5 Å². The molecule has 0 saturated heterocycles. The van der Waals surface area contributed by atoms with Gasteiger partial charge in [-0.2, -0.15) is 0 Å². The monoisotopic (exact) mass is 366 g/mol. The first kappa shape index (κ1) is 16.5. The van der Waals surface area contributed by atoms with Crippen molar-refractivity contribution in [3.63, 3.8) is 0 Å². The highest BCUT2D eigenvalue weighted by atomic mass is 35.5. The zero-order valence-corrected chi connectivity index (χ0v) is 14.9. The summed E-state index contributed by atoms with van der Waals surface area (Å²) in [6.07, 6.45) is 2.65. The van der Waals surface area contributed by atoms with Crippen molar-refractivity contribution in [1.82, 2.24) is 10.2 Å². The quantitative estimate of drug-likeness (QED) is 0.402. The van der Waals surface area contributed by atoms with Gasteiger partial charge in [-0.05, 0) is 37.3 Å². The summed E-state index contributed by atoms with van der Waals surface area (Å²) in [7, 11) is 0. The molecule has 23 heavy (non-hydrogen) atoms. The summed E-state index contributed by atoms with van der Waals surface area (Å²) < 4.78 is 10.9. The van der Waals surface area contributed by atoms with Crippen LogP contribution in [0.1, 0.15) is 12.2 Å². The van der Waals surface area contributed by atoms with Gasteiger partial charge >= 0.3 is 0 Å². The van der Waals surface area contributed by atoms with Crippen molar-refractivity contribution < 1.29 is 8.83 Å². The smallest absolute Gasteiger partial charge is 0.276 e. The summed E-state index contributed by atoms with van der Waals surface area (Å²) in [6.45, 7) is 1.87. The van der Waals surface area contributed by atoms with Crippen molar-refractivity contribution >= 4 is 35.1 Å². The average Bonchev–Trinajstić information content (AvgIpc) is 3.17. The summed E-state index contributed by atoms with van der Waals surface area (Å²) in [5.74, 6) is 3.20. The fourth-order valence-corrected chi connectivity index (χ4v) is 4.02. The Bertz CT molecular complexity index is 773. The molecule has 0 atom stereocenters. The van der Waals surface area contributed by atoms with Crippen LogP contribution < -0.4 is 0 Å². The maximum atomic E-state index is 6.13. The van der Waals surface area contributed by atoms with E-state index in [-0.39, 0.29) is 0 Å². The number of aryl methyl sites for hydroxylation is 1. The standard InChI is InChI=1S/C16H15ClN2O2S2/c1-11-12(7-8-20-11)15-18-19-16(21-15)23-10-4-9-22-14-6-3-2-5-13(14)17/h2-3,5-8H,4,9-10H2,1H3. The maximum absolute atomic E-state index is 6.13. The second kappa shape index (κ2) is 7.95. The van der Waals surface area contributed by atoms with Crippen LogP contribution in [0, 0.1) is 6.92 Å². The van der Waals surface area contributed by atoms with Gasteiger partial charge in [-0.25, -0.2) is 0 Å². The van der Waals surface area contributed by atoms with Crippen molar-refractivity contribution in [3.8, 4) is 11.5 Å². The maximum Gasteiger partial charge on any atom is 0.276 e. The normalized spacial score (nSPS) is 11.0. The molecule has 7 heteroatoms. The van der Waals surface area contributed by atoms with Gasteiger partial charge in [0.1, 0.15) is 5.76 Å². The molecule has 3 rings (SSSR count). The van der Waals surface area contributed by atoms with Gasteiger partial charge in [0.15, 0.2) is 0 Å². The number of thioether (sulfide) groups is 2. The number of benzene rings is 1. The number of furan rings is 1. The Morgan fingerprint density at radius 1 is 1.09 bits per heavy atom. The SMILES string of the molecule is Cc1occc1-c1nnc(SCCCSc2ccccc2Cl)o1. The Labute approximate surface area is 148 Å². The van der Waals surface area contributed by atoms with E-state index in [0.29, 0.717) is 11.1 Å². The molecular weight excluding hydrogens is 352 g/mol. The minimum absolute atomic E-state index is 0.504. The van der Waals surface area contributed by atoms with E-state index in [2.05, 4.69) is 10.2 Å². The zero-order chi connectivity index (χ0) is 16.1. The van der Waals surface area contributed by atoms with Gasteiger partial charge in [0.2, 0.25) is 0 Å². The minimum Gasteiger partial charge on any atom is -0.469 e. The first-order chi connectivity index (χ1) is 11.2. The summed E-state index contributed by atoms with van der Waals surface area (Å²) >= 11 is 9.46. The molecule has 2 aromatic heterocycles. The topological polar surface area (TPSA) is 52.1 Å². The Morgan fingerprint density at radius 3 is 2.70 bits per heavy atom. The molecule has 2 heterocycles. The van der Waals surface area contributed by atoms with E-state index in [0.717, 1.165) is 39.2 Å². The van der Waals surface area contributed by atoms with E-state index in [4.69, 9.17) is 20.4 Å². The molecule has 0 aliphatic heterocycles. The molecule has 0 bridgehead atoms. The van der Waals surface area contributed by atoms with Gasteiger partial charge in [-0.1, -0.05) is 35.5 Å². The van der Waals surface area contributed by atoms with Crippen LogP contribution in [0.25, 0.3) is 11.5 Å². The van der Waals surface area contributed by atoms with Crippen LogP contribution >= 0.6 is 35.1 Å². The summed E-state index contributed by atoms with van der Waals surface area (Å²) in [6, 6.07) is 9.73. The van der Waals surface area contributed by atoms with Crippen molar-refractivity contribution in [3.05, 3.63) is 47.4 Å². The number of halogens is 1. The minimum atomic E-state index is 0.504. The van der Waals surface area contributed by atoms with Crippen LogP contribution in [0.5, 0.6) is 0 Å². The first-order valence-electron chi connectivity index (χ1n) is 7.12. The Balaban J connectivity index is 1.44. The molecule has 0 aliphatic rings. The molecule has 1 aromatic carbocycles. The molecule has 0 fully saturated rings. The van der Waals surface area contributed by atoms with E-state index in [1.807, 2.05) is 37.3 Å². The van der Waals surface area contributed by atoms with Gasteiger partial charge < -0.3 is 8.83 Å². The summed E-state index contributed by atoms with van der Waals surface area (Å²) in [4.78, 5) is 1.12. The van der Waals surface area contributed by atoms with Crippen molar-refractivity contribution in [2.24, 2.45) is 0 Å². The lowest BCUT2D eigenvalue weighted by Crippen LogP contribution is -1.85. The Kier molecular flexibility index (Phi) is 5.70. The highest BCUT2D eigenvalue weighted by Crippen LogP contribution is 2.29. The van der Waals surface area contributed by atoms with E-state index in [1.54, 1.807) is 29.8 Å². The molecule has 0 amide bonds. The molecule has 0 radical (unpaired) electrons. The first-order valence-corrected chi connectivity index (χ1v) is 9.47. The van der Waals surface area contributed by atoms with Crippen LogP contribution in [-0.4, -0.2) is 21.7 Å². The van der Waals surface area contributed by atoms with Crippen LogP contribution in [0.15, 0.2) is 55.5 Å². The molecule has 0 N–H and O–H groups in total. The molecular formula is C16H15ClN2O2S2. The predicted octanol–water partition coefficient (Wildman–Crippen LogP) is 5.57. The van der Waals surface area contributed by atoms with Crippen LogP contribution in [0.3, 0.4) is 0 Å². The third-order valence-electron chi connectivity index (χ3n) is 3.10. The van der Waals surface area contributed by atoms with E-state index in [9.17, 15) is 0 Å². The largest absolute Gasteiger partial charge is 0.469 e. The third-order valence-corrected chi connectivity index (χ3v) is 5.61. The van der Waals surface area contributed by atoms with Crippen molar-refractivity contribution in [2.45, 2.75) is 23.5 Å². The number of rotatable bonds is 7. The van der Waals surface area contributed by atoms with E-state index in [1.165, 1.54) is 0 Å². The lowest BCUT2D eigenvalue weighted by atomic mass is 10.3. The average molecular weight is 367 g/mol. The number of aromatic nitrogens is 2. The second-order valence-electron chi connectivity index (χ2n) is 4.74. The molecule has 3 aromatic rings. The second-order valence-corrected chi connectivity index (χ2v) is 7.33. The highest BCUT2D eigenvalue weighted by Gasteiger charge is 2.13. The van der Waals surface area contributed by atoms with Crippen LogP contribution in [-0.2, 0) is 0 Å². The van der Waals surface area contributed by atoms with Gasteiger partial charge in [-0.3, -0.25) is 0 Å². The van der Waals surface area contributed by atoms with Gasteiger partial charge in [0.25, 0.3) is 11.1 Å². The third kappa shape index (κ3) is 4.34. The van der Waals surface area contributed by atoms with Crippen molar-refractivity contribution in [1.29, 1.82) is 0 Å². The highest BCUT2D eigenvalue weighted by molar-refractivity contribution is 8.00. The fourth-order valence-electron chi connectivity index (χ4n) is 1.95. The number of nitrogens with zero attached hydrogens (tertiary/aromatic N) is 2. The molecule has 0 unspecified atom stereocenters. The van der Waals surface area contributed by atoms with Crippen LogP contribution in [0.2, 0.25) is 5.02 Å². The molecule has 0 aliphatic carbocycles. The van der Waals surface area contributed by atoms with E-state index < -0.39 is 0 Å². The molecule has 0 spiro atoms. The molecule has 120 valence electrons. The van der Waals surface area contributed by atoms with Gasteiger partial charge in [-0.15, -0.1) is 22.0 Å². The lowest BCUT2D eigenvalue weighted by Gasteiger charge is -2.02. The molecule has 4 nitrogen and oxygen atoms in total. The number of hydrogen-bond acceptors (Lipinski definition) is 6. The summed E-state index contributed by atoms with van der Waals surface area (Å²) in [5, 5.41) is 9.51. The number of hydrogen-bond donors (Lipinski definition) is 0.